The first-order valence-electron chi connectivity index (χ1n) is 6.68. The van der Waals surface area contributed by atoms with Crippen molar-refractivity contribution in [3.05, 3.63) is 35.6 Å². The van der Waals surface area contributed by atoms with Crippen LogP contribution >= 0.6 is 0 Å². The van der Waals surface area contributed by atoms with Crippen molar-refractivity contribution in [1.29, 1.82) is 0 Å². The number of carbonyl (C=O) groups excluding carboxylic acids is 1. The third kappa shape index (κ3) is 2.24. The maximum atomic E-state index is 12.4. The molecule has 1 fully saturated rings. The average Bonchev–Trinajstić information content (AvgIpc) is 3.04. The van der Waals surface area contributed by atoms with E-state index in [4.69, 9.17) is 9.15 Å². The Hall–Kier alpha value is -1.81. The zero-order chi connectivity index (χ0) is 13.2. The van der Waals surface area contributed by atoms with Gasteiger partial charge in [-0.15, -0.1) is 0 Å². The van der Waals surface area contributed by atoms with Crippen LogP contribution in [0.25, 0.3) is 11.0 Å². The molecule has 0 saturated carbocycles. The molecule has 3 rings (SSSR count). The highest BCUT2D eigenvalue weighted by molar-refractivity contribution is 6.07. The van der Waals surface area contributed by atoms with Gasteiger partial charge < -0.3 is 14.5 Å². The van der Waals surface area contributed by atoms with Gasteiger partial charge in [0.15, 0.2) is 0 Å². The van der Waals surface area contributed by atoms with Gasteiger partial charge in [0.1, 0.15) is 11.3 Å². The summed E-state index contributed by atoms with van der Waals surface area (Å²) in [5, 5.41) is 3.91. The van der Waals surface area contributed by atoms with Gasteiger partial charge in [-0.05, 0) is 12.5 Å². The number of benzene rings is 1. The van der Waals surface area contributed by atoms with Gasteiger partial charge in [-0.3, -0.25) is 4.79 Å². The van der Waals surface area contributed by atoms with Crippen LogP contribution in [-0.2, 0) is 11.2 Å². The van der Waals surface area contributed by atoms with Crippen LogP contribution in [0.3, 0.4) is 0 Å². The van der Waals surface area contributed by atoms with Gasteiger partial charge in [0.25, 0.3) is 5.91 Å². The summed E-state index contributed by atoms with van der Waals surface area (Å²) in [5.41, 5.74) is 1.44. The van der Waals surface area contributed by atoms with E-state index in [0.717, 1.165) is 29.8 Å². The molecule has 4 nitrogen and oxygen atoms in total. The molecule has 1 atom stereocenters. The Morgan fingerprint density at radius 2 is 2.26 bits per heavy atom. The van der Waals surface area contributed by atoms with Crippen molar-refractivity contribution in [2.75, 3.05) is 13.2 Å². The minimum atomic E-state index is -0.0581. The summed E-state index contributed by atoms with van der Waals surface area (Å²) in [6.45, 7) is 3.31. The lowest BCUT2D eigenvalue weighted by molar-refractivity contribution is 0.0929. The number of rotatable bonds is 3. The second-order valence-corrected chi connectivity index (χ2v) is 4.78. The van der Waals surface area contributed by atoms with Crippen LogP contribution in [0, 0.1) is 0 Å². The van der Waals surface area contributed by atoms with Gasteiger partial charge in [0.2, 0.25) is 0 Å². The number of furan rings is 1. The molecule has 1 N–H and O–H groups in total. The van der Waals surface area contributed by atoms with E-state index in [0.29, 0.717) is 18.6 Å². The Kier molecular flexibility index (Phi) is 3.25. The van der Waals surface area contributed by atoms with Crippen molar-refractivity contribution in [2.24, 2.45) is 0 Å². The SMILES string of the molecule is CCc1oc2ccccc2c1C(=O)NC1CCOC1. The molecule has 1 amide bonds. The standard InChI is InChI=1S/C15H17NO3/c1-2-12-14(11-5-3-4-6-13(11)19-12)15(17)16-10-7-8-18-9-10/h3-6,10H,2,7-9H2,1H3,(H,16,17). The van der Waals surface area contributed by atoms with Gasteiger partial charge in [0, 0.05) is 18.4 Å². The van der Waals surface area contributed by atoms with Crippen LogP contribution in [0.2, 0.25) is 0 Å². The van der Waals surface area contributed by atoms with Crippen LogP contribution in [0.15, 0.2) is 28.7 Å². The number of hydrogen-bond donors (Lipinski definition) is 1. The number of ether oxygens (including phenoxy) is 1. The van der Waals surface area contributed by atoms with Gasteiger partial charge in [-0.1, -0.05) is 25.1 Å². The van der Waals surface area contributed by atoms with Crippen LogP contribution in [0.1, 0.15) is 29.5 Å². The van der Waals surface area contributed by atoms with E-state index in [1.165, 1.54) is 0 Å². The summed E-state index contributed by atoms with van der Waals surface area (Å²) in [5.74, 6) is 0.690. The van der Waals surface area contributed by atoms with Gasteiger partial charge in [-0.25, -0.2) is 0 Å². The maximum absolute atomic E-state index is 12.4. The first-order valence-corrected chi connectivity index (χ1v) is 6.68. The zero-order valence-corrected chi connectivity index (χ0v) is 10.9. The molecular formula is C15H17NO3. The number of hydrogen-bond acceptors (Lipinski definition) is 3. The van der Waals surface area contributed by atoms with Crippen LogP contribution < -0.4 is 5.32 Å². The monoisotopic (exact) mass is 259 g/mol. The third-order valence-electron chi connectivity index (χ3n) is 3.48. The van der Waals surface area contributed by atoms with Crippen molar-refractivity contribution in [3.8, 4) is 0 Å². The molecule has 0 spiro atoms. The molecule has 100 valence electrons. The van der Waals surface area contributed by atoms with E-state index < -0.39 is 0 Å². The fraction of sp³-hybridized carbons (Fsp3) is 0.400. The minimum Gasteiger partial charge on any atom is -0.460 e. The summed E-state index contributed by atoms with van der Waals surface area (Å²) >= 11 is 0. The Morgan fingerprint density at radius 3 is 3.00 bits per heavy atom. The number of amides is 1. The lowest BCUT2D eigenvalue weighted by Crippen LogP contribution is -2.35. The lowest BCUT2D eigenvalue weighted by Gasteiger charge is -2.10. The van der Waals surface area contributed by atoms with Crippen molar-refractivity contribution in [2.45, 2.75) is 25.8 Å². The smallest absolute Gasteiger partial charge is 0.255 e. The van der Waals surface area contributed by atoms with E-state index in [-0.39, 0.29) is 11.9 Å². The number of fused-ring (bicyclic) bond motifs is 1. The number of para-hydroxylation sites is 1. The van der Waals surface area contributed by atoms with E-state index >= 15 is 0 Å². The van der Waals surface area contributed by atoms with Gasteiger partial charge >= 0.3 is 0 Å². The fourth-order valence-corrected chi connectivity index (χ4v) is 2.50. The summed E-state index contributed by atoms with van der Waals surface area (Å²) in [6.07, 6.45) is 1.58. The quantitative estimate of drug-likeness (QED) is 0.921. The number of carbonyl (C=O) groups is 1. The third-order valence-corrected chi connectivity index (χ3v) is 3.48. The molecule has 19 heavy (non-hydrogen) atoms. The molecule has 2 aromatic rings. The van der Waals surface area contributed by atoms with E-state index in [9.17, 15) is 4.79 Å². The van der Waals surface area contributed by atoms with E-state index in [2.05, 4.69) is 5.32 Å². The Bertz CT molecular complexity index is 596. The Balaban J connectivity index is 1.95. The van der Waals surface area contributed by atoms with Crippen LogP contribution in [0.4, 0.5) is 0 Å². The number of aryl methyl sites for hydroxylation is 1. The summed E-state index contributed by atoms with van der Waals surface area (Å²) < 4.78 is 11.0. The predicted molar refractivity (Wildman–Crippen MR) is 72.3 cm³/mol. The van der Waals surface area contributed by atoms with E-state index in [1.807, 2.05) is 31.2 Å². The van der Waals surface area contributed by atoms with E-state index in [1.54, 1.807) is 0 Å². The Morgan fingerprint density at radius 1 is 1.42 bits per heavy atom. The average molecular weight is 259 g/mol. The first kappa shape index (κ1) is 12.2. The second-order valence-electron chi connectivity index (χ2n) is 4.78. The molecule has 1 aromatic carbocycles. The largest absolute Gasteiger partial charge is 0.460 e. The predicted octanol–water partition coefficient (Wildman–Crippen LogP) is 2.51. The normalized spacial score (nSPS) is 18.9. The highest BCUT2D eigenvalue weighted by Crippen LogP contribution is 2.26. The minimum absolute atomic E-state index is 0.0581. The van der Waals surface area contributed by atoms with Crippen molar-refractivity contribution in [1.82, 2.24) is 5.32 Å². The lowest BCUT2D eigenvalue weighted by atomic mass is 10.1. The molecule has 1 aliphatic rings. The first-order chi connectivity index (χ1) is 9.29. The van der Waals surface area contributed by atoms with Crippen molar-refractivity contribution >= 4 is 16.9 Å². The molecule has 1 saturated heterocycles. The second kappa shape index (κ2) is 5.05. The van der Waals surface area contributed by atoms with Gasteiger partial charge in [-0.2, -0.15) is 0 Å². The molecule has 1 aliphatic heterocycles. The fourth-order valence-electron chi connectivity index (χ4n) is 2.50. The number of nitrogens with one attached hydrogen (secondary N) is 1. The molecule has 1 aromatic heterocycles. The molecule has 2 heterocycles. The topological polar surface area (TPSA) is 51.5 Å². The summed E-state index contributed by atoms with van der Waals surface area (Å²) in [7, 11) is 0. The van der Waals surface area contributed by atoms with Crippen LogP contribution in [-0.4, -0.2) is 25.2 Å². The molecule has 0 bridgehead atoms. The highest BCUT2D eigenvalue weighted by atomic mass is 16.5. The molecule has 0 aliphatic carbocycles. The molecular weight excluding hydrogens is 242 g/mol. The molecule has 4 heteroatoms. The maximum Gasteiger partial charge on any atom is 0.255 e. The summed E-state index contributed by atoms with van der Waals surface area (Å²) in [4.78, 5) is 12.4. The van der Waals surface area contributed by atoms with Crippen LogP contribution in [0.5, 0.6) is 0 Å². The molecule has 1 unspecified atom stereocenters. The summed E-state index contributed by atoms with van der Waals surface area (Å²) in [6, 6.07) is 7.78. The van der Waals surface area contributed by atoms with Crippen molar-refractivity contribution in [3.63, 3.8) is 0 Å². The zero-order valence-electron chi connectivity index (χ0n) is 10.9. The Labute approximate surface area is 111 Å². The van der Waals surface area contributed by atoms with Crippen molar-refractivity contribution < 1.29 is 13.9 Å². The highest BCUT2D eigenvalue weighted by Gasteiger charge is 2.23. The molecule has 0 radical (unpaired) electrons. The van der Waals surface area contributed by atoms with Gasteiger partial charge in [0.05, 0.1) is 18.2 Å².